The summed E-state index contributed by atoms with van der Waals surface area (Å²) >= 11 is 0. The minimum atomic E-state index is 0.731. The van der Waals surface area contributed by atoms with Gasteiger partial charge in [0.25, 0.3) is 0 Å². The maximum Gasteiger partial charge on any atom is 0.00420 e. The van der Waals surface area contributed by atoms with Crippen molar-refractivity contribution in [3.05, 3.63) is 12.7 Å². The van der Waals surface area contributed by atoms with Gasteiger partial charge in [-0.25, -0.2) is 0 Å². The molecular weight excluding hydrogens is 110 g/mol. The SMILES string of the molecule is C=CC[C@H]1CN[C@@H](C)C1. The van der Waals surface area contributed by atoms with Crippen molar-refractivity contribution in [1.29, 1.82) is 0 Å². The Bertz CT molecular complexity index is 98.7. The Morgan fingerprint density at radius 3 is 3.00 bits per heavy atom. The molecule has 52 valence electrons. The summed E-state index contributed by atoms with van der Waals surface area (Å²) in [6, 6.07) is 0.731. The van der Waals surface area contributed by atoms with E-state index < -0.39 is 0 Å². The zero-order valence-corrected chi connectivity index (χ0v) is 6.06. The monoisotopic (exact) mass is 125 g/mol. The van der Waals surface area contributed by atoms with Crippen molar-refractivity contribution < 1.29 is 0 Å². The molecule has 2 atom stereocenters. The average Bonchev–Trinajstić information content (AvgIpc) is 2.17. The molecule has 0 saturated carbocycles. The van der Waals surface area contributed by atoms with Crippen LogP contribution in [-0.4, -0.2) is 12.6 Å². The molecule has 1 heteroatoms. The lowest BCUT2D eigenvalue weighted by Gasteiger charge is -2.01. The van der Waals surface area contributed by atoms with E-state index in [4.69, 9.17) is 0 Å². The minimum absolute atomic E-state index is 0.731. The molecule has 0 aliphatic carbocycles. The Hall–Kier alpha value is -0.300. The Kier molecular flexibility index (Phi) is 2.29. The highest BCUT2D eigenvalue weighted by Crippen LogP contribution is 2.16. The second-order valence-electron chi connectivity index (χ2n) is 2.94. The number of hydrogen-bond donors (Lipinski definition) is 1. The molecule has 1 saturated heterocycles. The van der Waals surface area contributed by atoms with Gasteiger partial charge in [-0.1, -0.05) is 6.08 Å². The van der Waals surface area contributed by atoms with Gasteiger partial charge in [0.1, 0.15) is 0 Å². The number of nitrogens with one attached hydrogen (secondary N) is 1. The fraction of sp³-hybridized carbons (Fsp3) is 0.750. The topological polar surface area (TPSA) is 12.0 Å². The molecule has 1 N–H and O–H groups in total. The van der Waals surface area contributed by atoms with Gasteiger partial charge in [0.15, 0.2) is 0 Å². The maximum absolute atomic E-state index is 3.72. The van der Waals surface area contributed by atoms with Crippen LogP contribution in [0.2, 0.25) is 0 Å². The van der Waals surface area contributed by atoms with E-state index in [0.29, 0.717) is 0 Å². The van der Waals surface area contributed by atoms with E-state index >= 15 is 0 Å². The van der Waals surface area contributed by atoms with Crippen LogP contribution in [0.1, 0.15) is 19.8 Å². The first-order valence-corrected chi connectivity index (χ1v) is 3.67. The first-order chi connectivity index (χ1) is 4.33. The third kappa shape index (κ3) is 1.83. The highest BCUT2D eigenvalue weighted by Gasteiger charge is 2.18. The Morgan fingerprint density at radius 2 is 2.56 bits per heavy atom. The van der Waals surface area contributed by atoms with Crippen molar-refractivity contribution in [2.75, 3.05) is 6.54 Å². The Morgan fingerprint density at radius 1 is 1.78 bits per heavy atom. The molecule has 0 spiro atoms. The van der Waals surface area contributed by atoms with Crippen LogP contribution in [0.4, 0.5) is 0 Å². The standard InChI is InChI=1S/C8H15N/c1-3-4-8-5-7(2)9-6-8/h3,7-9H,1,4-6H2,2H3/t7-,8+/m0/s1. The zero-order chi connectivity index (χ0) is 6.69. The van der Waals surface area contributed by atoms with Gasteiger partial charge in [0.05, 0.1) is 0 Å². The summed E-state index contributed by atoms with van der Waals surface area (Å²) < 4.78 is 0. The van der Waals surface area contributed by atoms with Crippen LogP contribution in [0.15, 0.2) is 12.7 Å². The third-order valence-electron chi connectivity index (χ3n) is 1.94. The van der Waals surface area contributed by atoms with Gasteiger partial charge in [0.2, 0.25) is 0 Å². The van der Waals surface area contributed by atoms with E-state index in [1.54, 1.807) is 0 Å². The van der Waals surface area contributed by atoms with Crippen molar-refractivity contribution >= 4 is 0 Å². The van der Waals surface area contributed by atoms with Crippen LogP contribution in [0.5, 0.6) is 0 Å². The van der Waals surface area contributed by atoms with Crippen molar-refractivity contribution in [2.45, 2.75) is 25.8 Å². The molecule has 1 aliphatic rings. The second kappa shape index (κ2) is 3.02. The number of rotatable bonds is 2. The molecular formula is C8H15N. The molecule has 0 unspecified atom stereocenters. The van der Waals surface area contributed by atoms with Gasteiger partial charge in [-0.05, 0) is 32.2 Å². The lowest BCUT2D eigenvalue weighted by Crippen LogP contribution is -2.16. The molecule has 0 bridgehead atoms. The predicted molar refractivity (Wildman–Crippen MR) is 40.4 cm³/mol. The molecule has 9 heavy (non-hydrogen) atoms. The first kappa shape index (κ1) is 6.81. The Labute approximate surface area is 57.1 Å². The largest absolute Gasteiger partial charge is 0.314 e. The van der Waals surface area contributed by atoms with E-state index in [9.17, 15) is 0 Å². The summed E-state index contributed by atoms with van der Waals surface area (Å²) in [4.78, 5) is 0. The summed E-state index contributed by atoms with van der Waals surface area (Å²) in [6.45, 7) is 7.15. The van der Waals surface area contributed by atoms with E-state index in [1.807, 2.05) is 6.08 Å². The van der Waals surface area contributed by atoms with Crippen LogP contribution in [-0.2, 0) is 0 Å². The normalized spacial score (nSPS) is 34.8. The molecule has 0 radical (unpaired) electrons. The predicted octanol–water partition coefficient (Wildman–Crippen LogP) is 1.56. The molecule has 0 aromatic rings. The first-order valence-electron chi connectivity index (χ1n) is 3.67. The van der Waals surface area contributed by atoms with Gasteiger partial charge in [-0.15, -0.1) is 6.58 Å². The molecule has 0 aromatic carbocycles. The fourth-order valence-corrected chi connectivity index (χ4v) is 1.45. The van der Waals surface area contributed by atoms with Gasteiger partial charge >= 0.3 is 0 Å². The van der Waals surface area contributed by atoms with Crippen LogP contribution < -0.4 is 5.32 Å². The Balaban J connectivity index is 2.21. The fourth-order valence-electron chi connectivity index (χ4n) is 1.45. The van der Waals surface area contributed by atoms with Gasteiger partial charge in [-0.3, -0.25) is 0 Å². The summed E-state index contributed by atoms with van der Waals surface area (Å²) in [6.07, 6.45) is 4.52. The van der Waals surface area contributed by atoms with E-state index in [-0.39, 0.29) is 0 Å². The summed E-state index contributed by atoms with van der Waals surface area (Å²) in [5.74, 6) is 0.859. The van der Waals surface area contributed by atoms with Gasteiger partial charge in [0, 0.05) is 6.04 Å². The zero-order valence-electron chi connectivity index (χ0n) is 6.06. The summed E-state index contributed by atoms with van der Waals surface area (Å²) in [5.41, 5.74) is 0. The maximum atomic E-state index is 3.72. The third-order valence-corrected chi connectivity index (χ3v) is 1.94. The molecule has 0 aromatic heterocycles. The summed E-state index contributed by atoms with van der Waals surface area (Å²) in [7, 11) is 0. The van der Waals surface area contributed by atoms with E-state index in [1.165, 1.54) is 19.4 Å². The van der Waals surface area contributed by atoms with E-state index in [0.717, 1.165) is 12.0 Å². The number of hydrogen-bond acceptors (Lipinski definition) is 1. The average molecular weight is 125 g/mol. The lowest BCUT2D eigenvalue weighted by atomic mass is 10.0. The molecule has 1 nitrogen and oxygen atoms in total. The lowest BCUT2D eigenvalue weighted by molar-refractivity contribution is 0.577. The van der Waals surface area contributed by atoms with Crippen molar-refractivity contribution in [3.8, 4) is 0 Å². The number of allylic oxidation sites excluding steroid dienone is 1. The smallest absolute Gasteiger partial charge is 0.00420 e. The molecule has 1 heterocycles. The molecule has 1 rings (SSSR count). The van der Waals surface area contributed by atoms with E-state index in [2.05, 4.69) is 18.8 Å². The second-order valence-corrected chi connectivity index (χ2v) is 2.94. The van der Waals surface area contributed by atoms with Crippen LogP contribution in [0.25, 0.3) is 0 Å². The van der Waals surface area contributed by atoms with Crippen molar-refractivity contribution in [1.82, 2.24) is 5.32 Å². The highest BCUT2D eigenvalue weighted by atomic mass is 14.9. The van der Waals surface area contributed by atoms with Crippen LogP contribution >= 0.6 is 0 Å². The van der Waals surface area contributed by atoms with Gasteiger partial charge in [-0.2, -0.15) is 0 Å². The molecule has 0 amide bonds. The van der Waals surface area contributed by atoms with Crippen LogP contribution in [0.3, 0.4) is 0 Å². The summed E-state index contributed by atoms with van der Waals surface area (Å²) in [5, 5.41) is 3.41. The quantitative estimate of drug-likeness (QED) is 0.552. The molecule has 1 fully saturated rings. The van der Waals surface area contributed by atoms with Crippen LogP contribution in [0, 0.1) is 5.92 Å². The molecule has 1 aliphatic heterocycles. The van der Waals surface area contributed by atoms with Gasteiger partial charge < -0.3 is 5.32 Å². The minimum Gasteiger partial charge on any atom is -0.314 e. The van der Waals surface area contributed by atoms with Crippen molar-refractivity contribution in [2.24, 2.45) is 5.92 Å². The highest BCUT2D eigenvalue weighted by molar-refractivity contribution is 4.83. The van der Waals surface area contributed by atoms with Crippen molar-refractivity contribution in [3.63, 3.8) is 0 Å².